The molecular formula is C34H43N7O2. The van der Waals surface area contributed by atoms with Gasteiger partial charge in [0, 0.05) is 74.3 Å². The zero-order valence-electron chi connectivity index (χ0n) is 25.2. The van der Waals surface area contributed by atoms with Crippen molar-refractivity contribution in [2.75, 3.05) is 38.1 Å². The molecule has 0 atom stereocenters. The molecule has 2 aromatic carbocycles. The summed E-state index contributed by atoms with van der Waals surface area (Å²) in [6.45, 7) is 8.63. The average Bonchev–Trinajstić information content (AvgIpc) is 3.49. The number of nitrogens with one attached hydrogen (secondary N) is 2. The zero-order valence-corrected chi connectivity index (χ0v) is 25.2. The van der Waals surface area contributed by atoms with Crippen molar-refractivity contribution in [1.29, 1.82) is 0 Å². The second kappa shape index (κ2) is 14.9. The van der Waals surface area contributed by atoms with Crippen molar-refractivity contribution >= 4 is 12.4 Å². The number of piperidine rings is 2. The molecule has 4 heterocycles. The second-order valence-electron chi connectivity index (χ2n) is 11.4. The van der Waals surface area contributed by atoms with Crippen LogP contribution in [-0.4, -0.2) is 80.3 Å². The predicted molar refractivity (Wildman–Crippen MR) is 171 cm³/mol. The molecule has 2 saturated heterocycles. The Morgan fingerprint density at radius 2 is 1.67 bits per heavy atom. The zero-order chi connectivity index (χ0) is 30.0. The van der Waals surface area contributed by atoms with Crippen LogP contribution in [0.15, 0.2) is 66.9 Å². The van der Waals surface area contributed by atoms with Crippen LogP contribution in [0.5, 0.6) is 0 Å². The van der Waals surface area contributed by atoms with Gasteiger partial charge in [-0.25, -0.2) is 9.97 Å². The molecule has 1 amide bonds. The minimum absolute atomic E-state index is 0.250. The topological polar surface area (TPSA) is 110 Å². The lowest BCUT2D eigenvalue weighted by atomic mass is 9.89. The van der Waals surface area contributed by atoms with Crippen molar-refractivity contribution in [2.45, 2.75) is 58.0 Å². The van der Waals surface area contributed by atoms with Crippen LogP contribution in [0.25, 0.3) is 22.5 Å². The lowest BCUT2D eigenvalue weighted by Gasteiger charge is -2.32. The minimum Gasteiger partial charge on any atom is -0.397 e. The number of aromatic nitrogens is 4. The SMILES string of the molecule is CCO.Cc1ccc(-c2n[nH]c(C3CCN(C=O)CC3)c2-c2ccnc(NC3CCN(Cc4ccccc4)CC3)n2)cc1. The predicted octanol–water partition coefficient (Wildman–Crippen LogP) is 5.25. The molecule has 2 aliphatic heterocycles. The van der Waals surface area contributed by atoms with E-state index in [1.165, 1.54) is 11.1 Å². The maximum absolute atomic E-state index is 11.3. The summed E-state index contributed by atoms with van der Waals surface area (Å²) in [5, 5.41) is 19.4. The van der Waals surface area contributed by atoms with E-state index in [-0.39, 0.29) is 6.61 Å². The van der Waals surface area contributed by atoms with Crippen LogP contribution in [-0.2, 0) is 11.3 Å². The fourth-order valence-electron chi connectivity index (χ4n) is 5.95. The first-order chi connectivity index (χ1) is 21.1. The van der Waals surface area contributed by atoms with Gasteiger partial charge in [-0.3, -0.25) is 14.8 Å². The lowest BCUT2D eigenvalue weighted by Crippen LogP contribution is -2.38. The molecule has 0 aliphatic carbocycles. The van der Waals surface area contributed by atoms with Gasteiger partial charge in [0.25, 0.3) is 0 Å². The van der Waals surface area contributed by atoms with E-state index in [1.54, 1.807) is 6.92 Å². The van der Waals surface area contributed by atoms with Gasteiger partial charge in [-0.15, -0.1) is 0 Å². The van der Waals surface area contributed by atoms with Gasteiger partial charge in [-0.2, -0.15) is 5.10 Å². The van der Waals surface area contributed by atoms with E-state index in [0.717, 1.165) is 93.0 Å². The number of aromatic amines is 1. The van der Waals surface area contributed by atoms with Gasteiger partial charge in [-0.1, -0.05) is 60.2 Å². The standard InChI is InChI=1S/C32H37N7O.C2H6O/c1-23-7-9-25(10-8-23)30-29(31(37-36-30)26-12-17-39(22-40)18-13-26)28-11-16-33-32(35-28)34-27-14-19-38(20-15-27)21-24-5-3-2-4-6-24;1-2-3/h2-11,16,22,26-27H,12-15,17-21H2,1H3,(H,36,37)(H,33,34,35);3H,2H2,1H3. The Morgan fingerprint density at radius 3 is 2.35 bits per heavy atom. The third kappa shape index (κ3) is 7.86. The molecule has 9 heteroatoms. The lowest BCUT2D eigenvalue weighted by molar-refractivity contribution is -0.119. The first kappa shape index (κ1) is 30.4. The Kier molecular flexibility index (Phi) is 10.5. The molecule has 0 bridgehead atoms. The minimum atomic E-state index is 0.250. The normalized spacial score (nSPS) is 16.4. The van der Waals surface area contributed by atoms with E-state index in [4.69, 9.17) is 15.2 Å². The maximum Gasteiger partial charge on any atom is 0.223 e. The molecule has 9 nitrogen and oxygen atoms in total. The van der Waals surface area contributed by atoms with Crippen molar-refractivity contribution < 1.29 is 9.90 Å². The first-order valence-electron chi connectivity index (χ1n) is 15.4. The van der Waals surface area contributed by atoms with Crippen molar-refractivity contribution in [1.82, 2.24) is 30.0 Å². The molecule has 2 aliphatic rings. The van der Waals surface area contributed by atoms with E-state index in [9.17, 15) is 4.79 Å². The number of amides is 1. The summed E-state index contributed by atoms with van der Waals surface area (Å²) in [6.07, 6.45) is 6.72. The number of aliphatic hydroxyl groups excluding tert-OH is 1. The van der Waals surface area contributed by atoms with Gasteiger partial charge < -0.3 is 15.3 Å². The molecule has 0 radical (unpaired) electrons. The van der Waals surface area contributed by atoms with E-state index in [2.05, 4.69) is 81.8 Å². The summed E-state index contributed by atoms with van der Waals surface area (Å²) in [5.41, 5.74) is 7.56. The van der Waals surface area contributed by atoms with Gasteiger partial charge in [-0.05, 0) is 51.2 Å². The maximum atomic E-state index is 11.3. The number of H-pyrrole nitrogens is 1. The number of carbonyl (C=O) groups excluding carboxylic acids is 1. The number of aryl methyl sites for hydroxylation is 1. The molecule has 0 spiro atoms. The highest BCUT2D eigenvalue weighted by molar-refractivity contribution is 5.81. The number of likely N-dealkylation sites (tertiary alicyclic amines) is 2. The monoisotopic (exact) mass is 581 g/mol. The van der Waals surface area contributed by atoms with E-state index >= 15 is 0 Å². The van der Waals surface area contributed by atoms with Gasteiger partial charge in [0.15, 0.2) is 0 Å². The van der Waals surface area contributed by atoms with E-state index in [1.807, 2.05) is 17.2 Å². The Morgan fingerprint density at radius 1 is 0.977 bits per heavy atom. The number of benzene rings is 2. The van der Waals surface area contributed by atoms with Crippen molar-refractivity contribution in [3.05, 3.63) is 83.7 Å². The number of aliphatic hydroxyl groups is 1. The molecule has 2 aromatic heterocycles. The summed E-state index contributed by atoms with van der Waals surface area (Å²) < 4.78 is 0. The van der Waals surface area contributed by atoms with E-state index < -0.39 is 0 Å². The number of carbonyl (C=O) groups is 1. The third-order valence-electron chi connectivity index (χ3n) is 8.29. The highest BCUT2D eigenvalue weighted by atomic mass is 16.2. The average molecular weight is 582 g/mol. The summed E-state index contributed by atoms with van der Waals surface area (Å²) in [6, 6.07) is 21.5. The fraction of sp³-hybridized carbons (Fsp3) is 0.412. The molecule has 43 heavy (non-hydrogen) atoms. The molecule has 226 valence electrons. The Balaban J connectivity index is 0.00000118. The molecule has 0 unspecified atom stereocenters. The molecule has 2 fully saturated rings. The van der Waals surface area contributed by atoms with Gasteiger partial charge >= 0.3 is 0 Å². The molecule has 0 saturated carbocycles. The highest BCUT2D eigenvalue weighted by Gasteiger charge is 2.28. The van der Waals surface area contributed by atoms with Crippen LogP contribution in [0.1, 0.15) is 55.3 Å². The Hall–Kier alpha value is -4.08. The number of hydrogen-bond donors (Lipinski definition) is 3. The first-order valence-corrected chi connectivity index (χ1v) is 15.4. The summed E-state index contributed by atoms with van der Waals surface area (Å²) >= 11 is 0. The Bertz CT molecular complexity index is 1420. The summed E-state index contributed by atoms with van der Waals surface area (Å²) in [7, 11) is 0. The van der Waals surface area contributed by atoms with Crippen LogP contribution in [0.4, 0.5) is 5.95 Å². The number of nitrogens with zero attached hydrogens (tertiary/aromatic N) is 5. The summed E-state index contributed by atoms with van der Waals surface area (Å²) in [5.74, 6) is 0.954. The summed E-state index contributed by atoms with van der Waals surface area (Å²) in [4.78, 5) is 25.3. The highest BCUT2D eigenvalue weighted by Crippen LogP contribution is 2.39. The van der Waals surface area contributed by atoms with E-state index in [0.29, 0.717) is 17.9 Å². The second-order valence-corrected chi connectivity index (χ2v) is 11.4. The smallest absolute Gasteiger partial charge is 0.223 e. The van der Waals surface area contributed by atoms with Crippen LogP contribution in [0.3, 0.4) is 0 Å². The van der Waals surface area contributed by atoms with Crippen LogP contribution in [0, 0.1) is 6.92 Å². The quantitative estimate of drug-likeness (QED) is 0.244. The Labute approximate surface area is 254 Å². The number of anilines is 1. The molecular weight excluding hydrogens is 538 g/mol. The van der Waals surface area contributed by atoms with Gasteiger partial charge in [0.2, 0.25) is 12.4 Å². The van der Waals surface area contributed by atoms with Crippen LogP contribution >= 0.6 is 0 Å². The number of rotatable bonds is 8. The molecule has 4 aromatic rings. The van der Waals surface area contributed by atoms with Crippen LogP contribution in [0.2, 0.25) is 0 Å². The van der Waals surface area contributed by atoms with Gasteiger partial charge in [0.1, 0.15) is 5.69 Å². The van der Waals surface area contributed by atoms with Gasteiger partial charge in [0.05, 0.1) is 5.69 Å². The van der Waals surface area contributed by atoms with Crippen molar-refractivity contribution in [3.8, 4) is 22.5 Å². The molecule has 6 rings (SSSR count). The number of hydrogen-bond acceptors (Lipinski definition) is 7. The third-order valence-corrected chi connectivity index (χ3v) is 8.29. The largest absolute Gasteiger partial charge is 0.397 e. The molecule has 3 N–H and O–H groups in total. The van der Waals surface area contributed by atoms with Crippen molar-refractivity contribution in [3.63, 3.8) is 0 Å². The fourth-order valence-corrected chi connectivity index (χ4v) is 5.95. The van der Waals surface area contributed by atoms with Crippen molar-refractivity contribution in [2.24, 2.45) is 0 Å². The van der Waals surface area contributed by atoms with Crippen LogP contribution < -0.4 is 5.32 Å².